The van der Waals surface area contributed by atoms with Crippen molar-refractivity contribution in [1.29, 1.82) is 0 Å². The Bertz CT molecular complexity index is 877. The van der Waals surface area contributed by atoms with Crippen LogP contribution in [0.15, 0.2) is 36.5 Å². The lowest BCUT2D eigenvalue weighted by Crippen LogP contribution is -2.29. The third kappa shape index (κ3) is 36.5. The molecule has 0 aliphatic rings. The van der Waals surface area contributed by atoms with E-state index in [2.05, 4.69) is 50.3 Å². The zero-order valence-corrected chi connectivity index (χ0v) is 32.8. The molecule has 10 heteroatoms. The van der Waals surface area contributed by atoms with Crippen molar-refractivity contribution in [3.05, 3.63) is 36.5 Å². The summed E-state index contributed by atoms with van der Waals surface area (Å²) in [4.78, 5) is 22.5. The van der Waals surface area contributed by atoms with Gasteiger partial charge in [0.15, 0.2) is 0 Å². The third-order valence-electron chi connectivity index (χ3n) is 8.34. The van der Waals surface area contributed by atoms with Gasteiger partial charge in [0.2, 0.25) is 0 Å². The van der Waals surface area contributed by atoms with Crippen molar-refractivity contribution < 1.29 is 43.0 Å². The van der Waals surface area contributed by atoms with Gasteiger partial charge in [0, 0.05) is 13.0 Å². The number of hydrogen-bond donors (Lipinski definition) is 3. The highest BCUT2D eigenvalue weighted by molar-refractivity contribution is 7.47. The van der Waals surface area contributed by atoms with Gasteiger partial charge < -0.3 is 24.6 Å². The summed E-state index contributed by atoms with van der Waals surface area (Å²) in [7, 11) is -4.52. The first-order valence-corrected chi connectivity index (χ1v) is 21.5. The first-order valence-electron chi connectivity index (χ1n) is 20.0. The molecule has 0 amide bonds. The molecule has 0 radical (unpaired) electrons. The number of rotatable bonds is 38. The van der Waals surface area contributed by atoms with E-state index in [1.807, 2.05) is 0 Å². The molecule has 0 spiro atoms. The van der Waals surface area contributed by atoms with E-state index >= 15 is 0 Å². The molecule has 0 aliphatic heterocycles. The highest BCUT2D eigenvalue weighted by atomic mass is 31.2. The Morgan fingerprint density at radius 1 is 0.640 bits per heavy atom. The molecule has 0 aromatic heterocycles. The summed E-state index contributed by atoms with van der Waals surface area (Å²) in [5.74, 6) is -0.391. The van der Waals surface area contributed by atoms with Crippen LogP contribution in [-0.4, -0.2) is 66.3 Å². The predicted molar refractivity (Wildman–Crippen MR) is 205 cm³/mol. The summed E-state index contributed by atoms with van der Waals surface area (Å²) in [5.41, 5.74) is 0. The van der Waals surface area contributed by atoms with Gasteiger partial charge >= 0.3 is 13.8 Å². The lowest BCUT2D eigenvalue weighted by Gasteiger charge is -2.20. The van der Waals surface area contributed by atoms with Gasteiger partial charge in [0.25, 0.3) is 0 Å². The molecule has 0 aliphatic carbocycles. The standard InChI is InChI=1S/C40H75O9P/c1-3-5-7-9-11-13-15-17-19-20-22-24-26-28-30-32-40(43)49-39(37-48-50(44,45)47-35-38(42)34-41)36-46-33-31-29-27-25-23-21-18-16-14-12-10-8-6-4-2/h6,8,12,14,18,21,38-39,41-42H,3-5,7,9-11,13,15-17,19-20,22-37H2,1-2H3,(H,44,45)/b8-6-,14-12-,21-18-. The second-order valence-corrected chi connectivity index (χ2v) is 14.7. The number of phosphoric acid groups is 1. The van der Waals surface area contributed by atoms with Crippen molar-refractivity contribution in [2.75, 3.05) is 33.0 Å². The van der Waals surface area contributed by atoms with Gasteiger partial charge in [-0.3, -0.25) is 13.8 Å². The van der Waals surface area contributed by atoms with E-state index in [1.165, 1.54) is 77.0 Å². The van der Waals surface area contributed by atoms with Gasteiger partial charge in [-0.2, -0.15) is 0 Å². The monoisotopic (exact) mass is 731 g/mol. The number of aliphatic hydroxyl groups is 2. The highest BCUT2D eigenvalue weighted by Crippen LogP contribution is 2.43. The van der Waals surface area contributed by atoms with Gasteiger partial charge in [0.1, 0.15) is 12.2 Å². The first kappa shape index (κ1) is 48.7. The third-order valence-corrected chi connectivity index (χ3v) is 9.29. The molecule has 0 aromatic rings. The van der Waals surface area contributed by atoms with Crippen molar-refractivity contribution in [2.24, 2.45) is 0 Å². The number of unbranched alkanes of at least 4 members (excludes halogenated alkanes) is 18. The maximum absolute atomic E-state index is 12.6. The van der Waals surface area contributed by atoms with Crippen molar-refractivity contribution in [3.63, 3.8) is 0 Å². The normalized spacial score (nSPS) is 14.6. The molecule has 0 fully saturated rings. The average molecular weight is 731 g/mol. The van der Waals surface area contributed by atoms with Gasteiger partial charge in [-0.25, -0.2) is 4.57 Å². The molecular weight excluding hydrogens is 655 g/mol. The van der Waals surface area contributed by atoms with Crippen LogP contribution < -0.4 is 0 Å². The molecular formula is C40H75O9P. The molecule has 3 atom stereocenters. The molecule has 3 unspecified atom stereocenters. The highest BCUT2D eigenvalue weighted by Gasteiger charge is 2.26. The zero-order valence-electron chi connectivity index (χ0n) is 31.9. The maximum atomic E-state index is 12.6. The van der Waals surface area contributed by atoms with Crippen LogP contribution in [0.3, 0.4) is 0 Å². The van der Waals surface area contributed by atoms with Crippen molar-refractivity contribution in [3.8, 4) is 0 Å². The van der Waals surface area contributed by atoms with Crippen molar-refractivity contribution >= 4 is 13.8 Å². The van der Waals surface area contributed by atoms with Gasteiger partial charge in [0.05, 0.1) is 26.4 Å². The zero-order chi connectivity index (χ0) is 36.8. The molecule has 0 rings (SSSR count). The molecule has 0 aromatic carbocycles. The van der Waals surface area contributed by atoms with E-state index in [9.17, 15) is 19.4 Å². The number of ether oxygens (including phenoxy) is 2. The van der Waals surface area contributed by atoms with E-state index in [0.29, 0.717) is 6.61 Å². The topological polar surface area (TPSA) is 132 Å². The minimum Gasteiger partial charge on any atom is -0.457 e. The number of esters is 1. The summed E-state index contributed by atoms with van der Waals surface area (Å²) < 4.78 is 33.2. The van der Waals surface area contributed by atoms with Gasteiger partial charge in [-0.15, -0.1) is 0 Å². The van der Waals surface area contributed by atoms with Crippen LogP contribution >= 0.6 is 7.82 Å². The summed E-state index contributed by atoms with van der Waals surface area (Å²) in [6, 6.07) is 0. The summed E-state index contributed by atoms with van der Waals surface area (Å²) in [6.07, 6.45) is 38.1. The fourth-order valence-electron chi connectivity index (χ4n) is 5.31. The molecule has 0 saturated heterocycles. The van der Waals surface area contributed by atoms with Gasteiger partial charge in [-0.1, -0.05) is 153 Å². The minimum absolute atomic E-state index is 0.0361. The van der Waals surface area contributed by atoms with Crippen molar-refractivity contribution in [1.82, 2.24) is 0 Å². The quantitative estimate of drug-likeness (QED) is 0.0246. The second kappa shape index (κ2) is 37.4. The lowest BCUT2D eigenvalue weighted by atomic mass is 10.0. The van der Waals surface area contributed by atoms with E-state index in [1.54, 1.807) is 0 Å². The molecule has 50 heavy (non-hydrogen) atoms. The second-order valence-electron chi connectivity index (χ2n) is 13.3. The van der Waals surface area contributed by atoms with E-state index < -0.39 is 39.2 Å². The molecule has 3 N–H and O–H groups in total. The van der Waals surface area contributed by atoms with Crippen LogP contribution in [0, 0.1) is 0 Å². The number of carbonyl (C=O) groups is 1. The van der Waals surface area contributed by atoms with Crippen LogP contribution in [0.25, 0.3) is 0 Å². The Labute approximate surface area is 305 Å². The predicted octanol–water partition coefficient (Wildman–Crippen LogP) is 10.5. The Morgan fingerprint density at radius 3 is 1.72 bits per heavy atom. The van der Waals surface area contributed by atoms with Crippen LogP contribution in [0.1, 0.15) is 168 Å². The summed E-state index contributed by atoms with van der Waals surface area (Å²) >= 11 is 0. The van der Waals surface area contributed by atoms with Crippen molar-refractivity contribution in [2.45, 2.75) is 180 Å². The number of aliphatic hydroxyl groups excluding tert-OH is 2. The number of phosphoric ester groups is 1. The Hall–Kier alpha value is -1.32. The summed E-state index contributed by atoms with van der Waals surface area (Å²) in [5, 5.41) is 18.3. The average Bonchev–Trinajstić information content (AvgIpc) is 3.10. The Balaban J connectivity index is 4.23. The molecule has 0 bridgehead atoms. The number of hydrogen-bond acceptors (Lipinski definition) is 8. The number of carbonyl (C=O) groups excluding carboxylic acids is 1. The first-order chi connectivity index (χ1) is 24.3. The SMILES string of the molecule is CC/C=C\C/C=C\C/C=C\CCCCCCOCC(COP(=O)(O)OCC(O)CO)OC(=O)CCCCCCCCCCCCCCCCC. The van der Waals surface area contributed by atoms with Crippen LogP contribution in [0.2, 0.25) is 0 Å². The van der Waals surface area contributed by atoms with Crippen LogP contribution in [-0.2, 0) is 27.9 Å². The lowest BCUT2D eigenvalue weighted by molar-refractivity contribution is -0.154. The smallest absolute Gasteiger partial charge is 0.457 e. The maximum Gasteiger partial charge on any atom is 0.472 e. The van der Waals surface area contributed by atoms with Crippen LogP contribution in [0.5, 0.6) is 0 Å². The minimum atomic E-state index is -4.52. The largest absolute Gasteiger partial charge is 0.472 e. The van der Waals surface area contributed by atoms with Crippen LogP contribution in [0.4, 0.5) is 0 Å². The molecule has 0 heterocycles. The Kier molecular flexibility index (Phi) is 36.4. The fourth-order valence-corrected chi connectivity index (χ4v) is 6.10. The summed E-state index contributed by atoms with van der Waals surface area (Å²) in [6.45, 7) is 3.35. The molecule has 294 valence electrons. The van der Waals surface area contributed by atoms with E-state index in [-0.39, 0.29) is 19.6 Å². The van der Waals surface area contributed by atoms with E-state index in [0.717, 1.165) is 70.6 Å². The Morgan fingerprint density at radius 2 is 1.14 bits per heavy atom. The van der Waals surface area contributed by atoms with E-state index in [4.69, 9.17) is 23.6 Å². The number of allylic oxidation sites excluding steroid dienone is 6. The molecule has 0 saturated carbocycles. The van der Waals surface area contributed by atoms with Gasteiger partial charge in [-0.05, 0) is 44.9 Å². The fraction of sp³-hybridized carbons (Fsp3) is 0.825. The molecule has 9 nitrogen and oxygen atoms in total.